The predicted molar refractivity (Wildman–Crippen MR) is 77.1 cm³/mol. The zero-order valence-corrected chi connectivity index (χ0v) is 13.0. The maximum absolute atomic E-state index is 14.3. The highest BCUT2D eigenvalue weighted by atomic mass is 19.1. The van der Waals surface area contributed by atoms with Gasteiger partial charge >= 0.3 is 5.97 Å². The van der Waals surface area contributed by atoms with Gasteiger partial charge in [-0.1, -0.05) is 26.0 Å². The molecule has 1 aromatic carbocycles. The lowest BCUT2D eigenvalue weighted by Crippen LogP contribution is -2.25. The van der Waals surface area contributed by atoms with Crippen LogP contribution >= 0.6 is 0 Å². The average Bonchev–Trinajstić information content (AvgIpc) is 2.24. The maximum atomic E-state index is 14.3. The third kappa shape index (κ3) is 3.30. The Kier molecular flexibility index (Phi) is 4.47. The molecular weight excluding hydrogens is 259 g/mol. The Morgan fingerprint density at radius 3 is 2.25 bits per heavy atom. The molecule has 0 unspecified atom stereocenters. The summed E-state index contributed by atoms with van der Waals surface area (Å²) in [5.41, 5.74) is -0.0823. The molecule has 0 aliphatic carbocycles. The highest BCUT2D eigenvalue weighted by Gasteiger charge is 2.33. The molecule has 0 bridgehead atoms. The van der Waals surface area contributed by atoms with Crippen LogP contribution in [0, 0.1) is 6.92 Å². The van der Waals surface area contributed by atoms with Gasteiger partial charge in [-0.05, 0) is 26.3 Å². The van der Waals surface area contributed by atoms with Gasteiger partial charge in [-0.2, -0.15) is 0 Å². The summed E-state index contributed by atoms with van der Waals surface area (Å²) >= 11 is 0. The van der Waals surface area contributed by atoms with E-state index in [9.17, 15) is 9.18 Å². The third-order valence-corrected chi connectivity index (χ3v) is 3.48. The molecule has 0 spiro atoms. The van der Waals surface area contributed by atoms with Gasteiger partial charge in [0.25, 0.3) is 0 Å². The monoisotopic (exact) mass is 282 g/mol. The van der Waals surface area contributed by atoms with E-state index >= 15 is 0 Å². The van der Waals surface area contributed by atoms with E-state index in [0.717, 1.165) is 11.1 Å². The SMILES string of the molecule is COc1c(C(C)(C)F)ccc(C)c1C(C)(C)CC(=O)O. The van der Waals surface area contributed by atoms with Gasteiger partial charge < -0.3 is 9.84 Å². The Balaban J connectivity index is 3.57. The first-order valence-electron chi connectivity index (χ1n) is 6.60. The molecule has 4 heteroatoms. The number of methoxy groups -OCH3 is 1. The van der Waals surface area contributed by atoms with E-state index < -0.39 is 17.1 Å². The molecule has 3 nitrogen and oxygen atoms in total. The molecule has 0 aliphatic rings. The quantitative estimate of drug-likeness (QED) is 0.889. The molecule has 0 heterocycles. The van der Waals surface area contributed by atoms with Crippen LogP contribution in [0.15, 0.2) is 12.1 Å². The number of halogens is 1. The Morgan fingerprint density at radius 1 is 1.30 bits per heavy atom. The molecule has 0 saturated carbocycles. The molecule has 1 N–H and O–H groups in total. The molecule has 0 radical (unpaired) electrons. The molecule has 0 atom stereocenters. The summed E-state index contributed by atoms with van der Waals surface area (Å²) in [6.07, 6.45) is -0.0413. The summed E-state index contributed by atoms with van der Waals surface area (Å²) in [4.78, 5) is 11.1. The Morgan fingerprint density at radius 2 is 1.85 bits per heavy atom. The minimum Gasteiger partial charge on any atom is -0.496 e. The van der Waals surface area contributed by atoms with Crippen LogP contribution in [-0.4, -0.2) is 18.2 Å². The largest absolute Gasteiger partial charge is 0.496 e. The number of carbonyl (C=O) groups is 1. The van der Waals surface area contributed by atoms with Crippen molar-refractivity contribution < 1.29 is 19.0 Å². The highest BCUT2D eigenvalue weighted by molar-refractivity contribution is 5.70. The smallest absolute Gasteiger partial charge is 0.304 e. The van der Waals surface area contributed by atoms with Crippen molar-refractivity contribution in [3.8, 4) is 5.75 Å². The fourth-order valence-electron chi connectivity index (χ4n) is 2.67. The second kappa shape index (κ2) is 5.43. The first kappa shape index (κ1) is 16.5. The minimum absolute atomic E-state index is 0.0413. The molecule has 0 fully saturated rings. The van der Waals surface area contributed by atoms with E-state index in [1.54, 1.807) is 6.07 Å². The normalized spacial score (nSPS) is 12.3. The van der Waals surface area contributed by atoms with Gasteiger partial charge in [0.1, 0.15) is 11.4 Å². The van der Waals surface area contributed by atoms with E-state index in [-0.39, 0.29) is 6.42 Å². The lowest BCUT2D eigenvalue weighted by molar-refractivity contribution is -0.138. The fourth-order valence-corrected chi connectivity index (χ4v) is 2.67. The summed E-state index contributed by atoms with van der Waals surface area (Å²) in [5.74, 6) is -0.440. The van der Waals surface area contributed by atoms with E-state index in [4.69, 9.17) is 9.84 Å². The van der Waals surface area contributed by atoms with Gasteiger partial charge in [0.05, 0.1) is 13.5 Å². The first-order valence-corrected chi connectivity index (χ1v) is 6.60. The lowest BCUT2D eigenvalue weighted by atomic mass is 9.77. The average molecular weight is 282 g/mol. The van der Waals surface area contributed by atoms with E-state index in [1.807, 2.05) is 26.8 Å². The van der Waals surface area contributed by atoms with Gasteiger partial charge in [0.15, 0.2) is 0 Å². The van der Waals surface area contributed by atoms with Crippen LogP contribution in [-0.2, 0) is 15.9 Å². The summed E-state index contributed by atoms with van der Waals surface area (Å²) in [5, 5.41) is 9.08. The molecule has 1 rings (SSSR count). The van der Waals surface area contributed by atoms with Crippen LogP contribution in [0.2, 0.25) is 0 Å². The van der Waals surface area contributed by atoms with E-state index in [0.29, 0.717) is 11.3 Å². The van der Waals surface area contributed by atoms with Crippen LogP contribution in [0.4, 0.5) is 4.39 Å². The second-order valence-corrected chi connectivity index (χ2v) is 6.27. The lowest BCUT2D eigenvalue weighted by Gasteiger charge is -2.30. The van der Waals surface area contributed by atoms with Crippen LogP contribution < -0.4 is 4.74 Å². The van der Waals surface area contributed by atoms with Crippen molar-refractivity contribution in [2.24, 2.45) is 0 Å². The molecule has 0 aliphatic heterocycles. The summed E-state index contributed by atoms with van der Waals surface area (Å²) < 4.78 is 19.8. The van der Waals surface area contributed by atoms with Crippen LogP contribution in [0.3, 0.4) is 0 Å². The zero-order chi connectivity index (χ0) is 15.7. The summed E-state index contributed by atoms with van der Waals surface area (Å²) in [7, 11) is 1.49. The number of rotatable bonds is 5. The third-order valence-electron chi connectivity index (χ3n) is 3.48. The van der Waals surface area contributed by atoms with E-state index in [2.05, 4.69) is 0 Å². The number of aryl methyl sites for hydroxylation is 1. The number of alkyl halides is 1. The molecule has 20 heavy (non-hydrogen) atoms. The zero-order valence-electron chi connectivity index (χ0n) is 13.0. The number of benzene rings is 1. The second-order valence-electron chi connectivity index (χ2n) is 6.27. The van der Waals surface area contributed by atoms with Crippen molar-refractivity contribution in [3.63, 3.8) is 0 Å². The van der Waals surface area contributed by atoms with Crippen molar-refractivity contribution in [3.05, 3.63) is 28.8 Å². The number of carboxylic acid groups (broad SMARTS) is 1. The van der Waals surface area contributed by atoms with Gasteiger partial charge in [-0.3, -0.25) is 4.79 Å². The van der Waals surface area contributed by atoms with Crippen molar-refractivity contribution >= 4 is 5.97 Å². The van der Waals surface area contributed by atoms with Crippen molar-refractivity contribution in [1.29, 1.82) is 0 Å². The summed E-state index contributed by atoms with van der Waals surface area (Å²) in [6, 6.07) is 3.52. The maximum Gasteiger partial charge on any atom is 0.304 e. The number of ether oxygens (including phenoxy) is 1. The molecular formula is C16H23FO3. The van der Waals surface area contributed by atoms with Gasteiger partial charge in [-0.15, -0.1) is 0 Å². The first-order chi connectivity index (χ1) is 9.00. The number of aliphatic carboxylic acids is 1. The van der Waals surface area contributed by atoms with Crippen LogP contribution in [0.5, 0.6) is 5.75 Å². The highest BCUT2D eigenvalue weighted by Crippen LogP contribution is 2.43. The Hall–Kier alpha value is -1.58. The Labute approximate surface area is 119 Å². The number of hydrogen-bond donors (Lipinski definition) is 1. The van der Waals surface area contributed by atoms with Crippen LogP contribution in [0.25, 0.3) is 0 Å². The number of hydrogen-bond acceptors (Lipinski definition) is 2. The standard InChI is InChI=1S/C16H23FO3/c1-10-7-8-11(16(4,5)17)14(20-6)13(10)15(2,3)9-12(18)19/h7-8H,9H2,1-6H3,(H,18,19). The van der Waals surface area contributed by atoms with Gasteiger partial charge in [0.2, 0.25) is 0 Å². The summed E-state index contributed by atoms with van der Waals surface area (Å²) in [6.45, 7) is 8.49. The van der Waals surface area contributed by atoms with Gasteiger partial charge in [0, 0.05) is 16.5 Å². The van der Waals surface area contributed by atoms with Crippen molar-refractivity contribution in [2.45, 2.75) is 52.1 Å². The van der Waals surface area contributed by atoms with Crippen molar-refractivity contribution in [2.75, 3.05) is 7.11 Å². The fraction of sp³-hybridized carbons (Fsp3) is 0.562. The molecule has 0 saturated heterocycles. The topological polar surface area (TPSA) is 46.5 Å². The molecule has 0 aromatic heterocycles. The van der Waals surface area contributed by atoms with Crippen molar-refractivity contribution in [1.82, 2.24) is 0 Å². The Bertz CT molecular complexity index is 513. The molecule has 1 aromatic rings. The van der Waals surface area contributed by atoms with Gasteiger partial charge in [-0.25, -0.2) is 4.39 Å². The number of carboxylic acids is 1. The minimum atomic E-state index is -1.55. The van der Waals surface area contributed by atoms with E-state index in [1.165, 1.54) is 21.0 Å². The molecule has 0 amide bonds. The predicted octanol–water partition coefficient (Wildman–Crippen LogP) is 3.96. The molecule has 112 valence electrons. The van der Waals surface area contributed by atoms with Crippen LogP contribution in [0.1, 0.15) is 50.8 Å².